The molecule has 21 heavy (non-hydrogen) atoms. The lowest BCUT2D eigenvalue weighted by Crippen LogP contribution is -2.29. The Morgan fingerprint density at radius 2 is 1.71 bits per heavy atom. The van der Waals surface area contributed by atoms with Crippen LogP contribution in [-0.2, 0) is 10.0 Å². The smallest absolute Gasteiger partial charge is 0.243 e. The van der Waals surface area contributed by atoms with Crippen molar-refractivity contribution in [1.29, 1.82) is 0 Å². The van der Waals surface area contributed by atoms with Gasteiger partial charge in [0.15, 0.2) is 0 Å². The maximum Gasteiger partial charge on any atom is 0.243 e. The van der Waals surface area contributed by atoms with Crippen molar-refractivity contribution in [1.82, 2.24) is 4.31 Å². The molecule has 1 atom stereocenters. The van der Waals surface area contributed by atoms with E-state index < -0.39 is 10.0 Å². The molecule has 2 N–H and O–H groups in total. The minimum atomic E-state index is -3.52. The number of anilines is 1. The molecule has 0 bridgehead atoms. The van der Waals surface area contributed by atoms with E-state index in [-0.39, 0.29) is 6.04 Å². The van der Waals surface area contributed by atoms with Crippen molar-refractivity contribution in [3.8, 4) is 0 Å². The normalized spacial score (nSPS) is 13.3. The first-order valence-corrected chi connectivity index (χ1v) is 8.16. The van der Waals surface area contributed by atoms with Crippen molar-refractivity contribution in [3.05, 3.63) is 59.7 Å². The average Bonchev–Trinajstić information content (AvgIpc) is 2.46. The lowest BCUT2D eigenvalue weighted by atomic mass is 10.1. The van der Waals surface area contributed by atoms with Crippen LogP contribution in [0.2, 0.25) is 0 Å². The van der Waals surface area contributed by atoms with Crippen molar-refractivity contribution in [2.75, 3.05) is 12.8 Å². The third kappa shape index (κ3) is 3.25. The lowest BCUT2D eigenvalue weighted by molar-refractivity contribution is 0.398. The van der Waals surface area contributed by atoms with Gasteiger partial charge in [-0.25, -0.2) is 8.42 Å². The van der Waals surface area contributed by atoms with Gasteiger partial charge in [0.05, 0.1) is 4.90 Å². The fraction of sp³-hybridized carbons (Fsp3) is 0.250. The summed E-state index contributed by atoms with van der Waals surface area (Å²) in [5.41, 5.74) is 8.29. The molecule has 1 unspecified atom stereocenters. The van der Waals surface area contributed by atoms with Crippen LogP contribution in [0.25, 0.3) is 0 Å². The van der Waals surface area contributed by atoms with Gasteiger partial charge in [-0.2, -0.15) is 4.31 Å². The number of nitrogens with zero attached hydrogens (tertiary/aromatic N) is 1. The topological polar surface area (TPSA) is 63.4 Å². The van der Waals surface area contributed by atoms with Crippen LogP contribution in [0, 0.1) is 6.92 Å². The quantitative estimate of drug-likeness (QED) is 0.883. The Balaban J connectivity index is 2.33. The highest BCUT2D eigenvalue weighted by molar-refractivity contribution is 7.89. The zero-order valence-electron chi connectivity index (χ0n) is 12.4. The summed E-state index contributed by atoms with van der Waals surface area (Å²) in [6.07, 6.45) is 0. The number of nitrogen functional groups attached to an aromatic ring is 1. The summed E-state index contributed by atoms with van der Waals surface area (Å²) in [5, 5.41) is 0. The highest BCUT2D eigenvalue weighted by atomic mass is 32.2. The Morgan fingerprint density at radius 1 is 1.10 bits per heavy atom. The highest BCUT2D eigenvalue weighted by Crippen LogP contribution is 2.26. The standard InChI is InChI=1S/C16H20N2O2S/c1-12-7-9-16(10-8-12)21(19,20)18(3)13(2)14-5-4-6-15(17)11-14/h4-11,13H,17H2,1-3H3. The minimum absolute atomic E-state index is 0.292. The Kier molecular flexibility index (Phi) is 4.34. The van der Waals surface area contributed by atoms with E-state index in [1.807, 2.05) is 26.0 Å². The molecule has 4 nitrogen and oxygen atoms in total. The SMILES string of the molecule is Cc1ccc(S(=O)(=O)N(C)C(C)c2cccc(N)c2)cc1. The van der Waals surface area contributed by atoms with Gasteiger partial charge < -0.3 is 5.73 Å². The molecule has 0 fully saturated rings. The zero-order chi connectivity index (χ0) is 15.6. The van der Waals surface area contributed by atoms with Crippen molar-refractivity contribution >= 4 is 15.7 Å². The molecule has 2 aromatic carbocycles. The van der Waals surface area contributed by atoms with Crippen LogP contribution in [0.3, 0.4) is 0 Å². The van der Waals surface area contributed by atoms with E-state index in [0.717, 1.165) is 11.1 Å². The Labute approximate surface area is 126 Å². The molecule has 0 aliphatic rings. The van der Waals surface area contributed by atoms with Crippen LogP contribution in [0.4, 0.5) is 5.69 Å². The van der Waals surface area contributed by atoms with Gasteiger partial charge in [0.25, 0.3) is 0 Å². The number of sulfonamides is 1. The Bertz CT molecular complexity index is 724. The van der Waals surface area contributed by atoms with E-state index in [1.54, 1.807) is 43.4 Å². The molecule has 0 radical (unpaired) electrons. The third-order valence-electron chi connectivity index (χ3n) is 3.64. The molecular formula is C16H20N2O2S. The summed E-state index contributed by atoms with van der Waals surface area (Å²) in [7, 11) is -1.94. The second-order valence-corrected chi connectivity index (χ2v) is 7.18. The van der Waals surface area contributed by atoms with Gasteiger partial charge in [-0.3, -0.25) is 0 Å². The predicted molar refractivity (Wildman–Crippen MR) is 85.4 cm³/mol. The fourth-order valence-electron chi connectivity index (χ4n) is 2.11. The number of aryl methyl sites for hydroxylation is 1. The molecule has 0 aliphatic heterocycles. The maximum absolute atomic E-state index is 12.6. The van der Waals surface area contributed by atoms with Crippen LogP contribution in [0.15, 0.2) is 53.4 Å². The first kappa shape index (κ1) is 15.5. The van der Waals surface area contributed by atoms with E-state index >= 15 is 0 Å². The van der Waals surface area contributed by atoms with E-state index in [4.69, 9.17) is 5.73 Å². The first-order valence-electron chi connectivity index (χ1n) is 6.72. The van der Waals surface area contributed by atoms with Gasteiger partial charge >= 0.3 is 0 Å². The molecule has 0 heterocycles. The number of rotatable bonds is 4. The maximum atomic E-state index is 12.6. The number of hydrogen-bond acceptors (Lipinski definition) is 3. The average molecular weight is 304 g/mol. The largest absolute Gasteiger partial charge is 0.399 e. The second-order valence-electron chi connectivity index (χ2n) is 5.18. The molecular weight excluding hydrogens is 284 g/mol. The summed E-state index contributed by atoms with van der Waals surface area (Å²) in [6.45, 7) is 3.77. The van der Waals surface area contributed by atoms with Crippen molar-refractivity contribution < 1.29 is 8.42 Å². The molecule has 0 saturated heterocycles. The Hall–Kier alpha value is -1.85. The third-order valence-corrected chi connectivity index (χ3v) is 5.58. The van der Waals surface area contributed by atoms with Gasteiger partial charge in [0, 0.05) is 18.8 Å². The molecule has 0 saturated carbocycles. The molecule has 0 aromatic heterocycles. The van der Waals surface area contributed by atoms with Crippen LogP contribution in [-0.4, -0.2) is 19.8 Å². The van der Waals surface area contributed by atoms with E-state index in [2.05, 4.69) is 0 Å². The van der Waals surface area contributed by atoms with E-state index in [9.17, 15) is 8.42 Å². The zero-order valence-corrected chi connectivity index (χ0v) is 13.3. The fourth-order valence-corrected chi connectivity index (χ4v) is 3.46. The molecule has 0 spiro atoms. The summed E-state index contributed by atoms with van der Waals surface area (Å²) in [5.74, 6) is 0. The first-order chi connectivity index (χ1) is 9.82. The van der Waals surface area contributed by atoms with E-state index in [1.165, 1.54) is 4.31 Å². The molecule has 2 rings (SSSR count). The van der Waals surface area contributed by atoms with Crippen LogP contribution >= 0.6 is 0 Å². The second kappa shape index (κ2) is 5.87. The predicted octanol–water partition coefficient (Wildman–Crippen LogP) is 2.96. The van der Waals surface area contributed by atoms with Crippen molar-refractivity contribution in [2.45, 2.75) is 24.8 Å². The molecule has 2 aromatic rings. The highest BCUT2D eigenvalue weighted by Gasteiger charge is 2.26. The monoisotopic (exact) mass is 304 g/mol. The summed E-state index contributed by atoms with van der Waals surface area (Å²) < 4.78 is 26.6. The van der Waals surface area contributed by atoms with Gasteiger partial charge in [0.2, 0.25) is 10.0 Å². The van der Waals surface area contributed by atoms with Gasteiger partial charge in [-0.1, -0.05) is 29.8 Å². The number of nitrogens with two attached hydrogens (primary N) is 1. The molecule has 112 valence electrons. The van der Waals surface area contributed by atoms with Gasteiger partial charge in [-0.05, 0) is 43.7 Å². The van der Waals surface area contributed by atoms with Crippen LogP contribution in [0.5, 0.6) is 0 Å². The number of benzene rings is 2. The van der Waals surface area contributed by atoms with Gasteiger partial charge in [0.1, 0.15) is 0 Å². The molecule has 0 amide bonds. The van der Waals surface area contributed by atoms with Crippen molar-refractivity contribution in [3.63, 3.8) is 0 Å². The number of hydrogen-bond donors (Lipinski definition) is 1. The van der Waals surface area contributed by atoms with E-state index in [0.29, 0.717) is 10.6 Å². The van der Waals surface area contributed by atoms with Crippen LogP contribution in [0.1, 0.15) is 24.1 Å². The molecule has 5 heteroatoms. The lowest BCUT2D eigenvalue weighted by Gasteiger charge is -2.25. The summed E-state index contributed by atoms with van der Waals surface area (Å²) in [4.78, 5) is 0.298. The van der Waals surface area contributed by atoms with Gasteiger partial charge in [-0.15, -0.1) is 0 Å². The summed E-state index contributed by atoms with van der Waals surface area (Å²) in [6, 6.07) is 13.9. The Morgan fingerprint density at radius 3 is 2.29 bits per heavy atom. The summed E-state index contributed by atoms with van der Waals surface area (Å²) >= 11 is 0. The van der Waals surface area contributed by atoms with Crippen molar-refractivity contribution in [2.24, 2.45) is 0 Å². The molecule has 0 aliphatic carbocycles. The minimum Gasteiger partial charge on any atom is -0.399 e. The van der Waals surface area contributed by atoms with Crippen LogP contribution < -0.4 is 5.73 Å².